The molecule has 0 bridgehead atoms. The predicted octanol–water partition coefficient (Wildman–Crippen LogP) is 2.46. The van der Waals surface area contributed by atoms with Crippen LogP contribution in [0.15, 0.2) is 18.2 Å². The Hall–Kier alpha value is -0.730. The van der Waals surface area contributed by atoms with E-state index in [1.54, 1.807) is 0 Å². The molecule has 0 spiro atoms. The average Bonchev–Trinajstić information content (AvgIpc) is 2.99. The number of nitrogens with two attached hydrogens (primary N) is 1. The molecule has 1 aromatic carbocycles. The molecular weight excluding hydrogens is 208 g/mol. The standard InChI is InChI=1S/C12H17ClN2/c13-12-7-11(14)4-3-10(12)5-6-15-8-9-1-2-9/h3-4,7,9,15H,1-2,5-6,8,14H2. The van der Waals surface area contributed by atoms with Crippen molar-refractivity contribution in [3.63, 3.8) is 0 Å². The Morgan fingerprint density at radius 2 is 2.20 bits per heavy atom. The molecule has 15 heavy (non-hydrogen) atoms. The summed E-state index contributed by atoms with van der Waals surface area (Å²) in [7, 11) is 0. The molecule has 1 aromatic rings. The van der Waals surface area contributed by atoms with Gasteiger partial charge in [0.1, 0.15) is 0 Å². The first kappa shape index (κ1) is 10.8. The van der Waals surface area contributed by atoms with E-state index in [0.29, 0.717) is 0 Å². The van der Waals surface area contributed by atoms with Crippen molar-refractivity contribution in [1.29, 1.82) is 0 Å². The molecule has 0 atom stereocenters. The second-order valence-corrected chi connectivity index (χ2v) is 4.66. The monoisotopic (exact) mass is 224 g/mol. The van der Waals surface area contributed by atoms with E-state index in [1.165, 1.54) is 18.4 Å². The third kappa shape index (κ3) is 3.40. The van der Waals surface area contributed by atoms with Gasteiger partial charge in [-0.15, -0.1) is 0 Å². The van der Waals surface area contributed by atoms with Crippen LogP contribution in [0, 0.1) is 5.92 Å². The van der Waals surface area contributed by atoms with E-state index in [0.717, 1.165) is 36.1 Å². The first-order valence-corrected chi connectivity index (χ1v) is 5.88. The molecule has 3 heteroatoms. The van der Waals surface area contributed by atoms with Crippen LogP contribution < -0.4 is 11.1 Å². The maximum absolute atomic E-state index is 6.08. The van der Waals surface area contributed by atoms with Crippen LogP contribution in [0.2, 0.25) is 5.02 Å². The first-order valence-electron chi connectivity index (χ1n) is 5.50. The van der Waals surface area contributed by atoms with Gasteiger partial charge in [-0.25, -0.2) is 0 Å². The van der Waals surface area contributed by atoms with E-state index in [4.69, 9.17) is 17.3 Å². The van der Waals surface area contributed by atoms with Crippen molar-refractivity contribution in [2.45, 2.75) is 19.3 Å². The SMILES string of the molecule is Nc1ccc(CCNCC2CC2)c(Cl)c1. The summed E-state index contributed by atoms with van der Waals surface area (Å²) in [5.74, 6) is 0.937. The zero-order valence-corrected chi connectivity index (χ0v) is 9.56. The zero-order valence-electron chi connectivity index (χ0n) is 8.80. The quantitative estimate of drug-likeness (QED) is 0.596. The summed E-state index contributed by atoms with van der Waals surface area (Å²) in [4.78, 5) is 0. The number of hydrogen-bond donors (Lipinski definition) is 2. The van der Waals surface area contributed by atoms with E-state index >= 15 is 0 Å². The maximum atomic E-state index is 6.08. The highest BCUT2D eigenvalue weighted by Gasteiger charge is 2.19. The van der Waals surface area contributed by atoms with Gasteiger partial charge >= 0.3 is 0 Å². The minimum Gasteiger partial charge on any atom is -0.399 e. The number of nitrogens with one attached hydrogen (secondary N) is 1. The Morgan fingerprint density at radius 1 is 1.40 bits per heavy atom. The van der Waals surface area contributed by atoms with Crippen molar-refractivity contribution in [1.82, 2.24) is 5.32 Å². The fourth-order valence-corrected chi connectivity index (χ4v) is 1.90. The van der Waals surface area contributed by atoms with Crippen LogP contribution in [0.5, 0.6) is 0 Å². The van der Waals surface area contributed by atoms with Gasteiger partial charge < -0.3 is 11.1 Å². The van der Waals surface area contributed by atoms with Crippen molar-refractivity contribution >= 4 is 17.3 Å². The minimum absolute atomic E-state index is 0.731. The highest BCUT2D eigenvalue weighted by atomic mass is 35.5. The van der Waals surface area contributed by atoms with Gasteiger partial charge in [-0.1, -0.05) is 17.7 Å². The summed E-state index contributed by atoms with van der Waals surface area (Å²) in [5, 5.41) is 4.23. The van der Waals surface area contributed by atoms with Crippen LogP contribution in [0.3, 0.4) is 0 Å². The second kappa shape index (κ2) is 4.86. The molecular formula is C12H17ClN2. The lowest BCUT2D eigenvalue weighted by Crippen LogP contribution is -2.19. The smallest absolute Gasteiger partial charge is 0.0458 e. The van der Waals surface area contributed by atoms with Crippen LogP contribution in [-0.4, -0.2) is 13.1 Å². The summed E-state index contributed by atoms with van der Waals surface area (Å²) in [6, 6.07) is 5.73. The summed E-state index contributed by atoms with van der Waals surface area (Å²) in [6.07, 6.45) is 3.77. The number of benzene rings is 1. The molecule has 0 saturated heterocycles. The molecule has 1 aliphatic rings. The van der Waals surface area contributed by atoms with Crippen LogP contribution in [0.4, 0.5) is 5.69 Å². The molecule has 1 aliphatic carbocycles. The first-order chi connectivity index (χ1) is 7.25. The van der Waals surface area contributed by atoms with Crippen molar-refractivity contribution in [2.24, 2.45) is 5.92 Å². The molecule has 1 saturated carbocycles. The molecule has 0 aromatic heterocycles. The van der Waals surface area contributed by atoms with Gasteiger partial charge in [-0.2, -0.15) is 0 Å². The minimum atomic E-state index is 0.731. The van der Waals surface area contributed by atoms with E-state index < -0.39 is 0 Å². The molecule has 0 amide bonds. The van der Waals surface area contributed by atoms with Gasteiger partial charge in [0.2, 0.25) is 0 Å². The number of anilines is 1. The Kier molecular flexibility index (Phi) is 3.49. The molecule has 0 radical (unpaired) electrons. The van der Waals surface area contributed by atoms with Crippen molar-refractivity contribution in [2.75, 3.05) is 18.8 Å². The lowest BCUT2D eigenvalue weighted by Gasteiger charge is -2.06. The topological polar surface area (TPSA) is 38.0 Å². The lowest BCUT2D eigenvalue weighted by molar-refractivity contribution is 0.637. The summed E-state index contributed by atoms with van der Waals surface area (Å²) < 4.78 is 0. The molecule has 1 fully saturated rings. The maximum Gasteiger partial charge on any atom is 0.0458 e. The number of nitrogen functional groups attached to an aromatic ring is 1. The van der Waals surface area contributed by atoms with Crippen LogP contribution in [0.1, 0.15) is 18.4 Å². The Bertz CT molecular complexity index is 334. The summed E-state index contributed by atoms with van der Waals surface area (Å²) >= 11 is 6.08. The Morgan fingerprint density at radius 3 is 2.87 bits per heavy atom. The summed E-state index contributed by atoms with van der Waals surface area (Å²) in [5.41, 5.74) is 7.54. The zero-order chi connectivity index (χ0) is 10.7. The number of halogens is 1. The van der Waals surface area contributed by atoms with E-state index in [2.05, 4.69) is 5.32 Å². The van der Waals surface area contributed by atoms with E-state index in [9.17, 15) is 0 Å². The molecule has 0 heterocycles. The van der Waals surface area contributed by atoms with Gasteiger partial charge in [-0.3, -0.25) is 0 Å². The predicted molar refractivity (Wildman–Crippen MR) is 65.2 cm³/mol. The van der Waals surface area contributed by atoms with Gasteiger partial charge in [0.05, 0.1) is 0 Å². The van der Waals surface area contributed by atoms with E-state index in [1.807, 2.05) is 18.2 Å². The van der Waals surface area contributed by atoms with Crippen LogP contribution in [0.25, 0.3) is 0 Å². The van der Waals surface area contributed by atoms with Crippen molar-refractivity contribution in [3.8, 4) is 0 Å². The van der Waals surface area contributed by atoms with Gasteiger partial charge in [-0.05, 0) is 56.0 Å². The largest absolute Gasteiger partial charge is 0.399 e. The highest BCUT2D eigenvalue weighted by Crippen LogP contribution is 2.27. The van der Waals surface area contributed by atoms with E-state index in [-0.39, 0.29) is 0 Å². The van der Waals surface area contributed by atoms with Gasteiger partial charge in [0, 0.05) is 10.7 Å². The normalized spacial score (nSPS) is 15.5. The van der Waals surface area contributed by atoms with Gasteiger partial charge in [0.25, 0.3) is 0 Å². The number of rotatable bonds is 5. The molecule has 82 valence electrons. The Balaban J connectivity index is 1.76. The Labute approximate surface area is 95.8 Å². The molecule has 0 aliphatic heterocycles. The summed E-state index contributed by atoms with van der Waals surface area (Å²) in [6.45, 7) is 2.16. The van der Waals surface area contributed by atoms with Crippen molar-refractivity contribution in [3.05, 3.63) is 28.8 Å². The highest BCUT2D eigenvalue weighted by molar-refractivity contribution is 6.31. The molecule has 2 rings (SSSR count). The van der Waals surface area contributed by atoms with Gasteiger partial charge in [0.15, 0.2) is 0 Å². The van der Waals surface area contributed by atoms with Crippen LogP contribution >= 0.6 is 11.6 Å². The molecule has 2 nitrogen and oxygen atoms in total. The lowest BCUT2D eigenvalue weighted by atomic mass is 10.1. The van der Waals surface area contributed by atoms with Crippen molar-refractivity contribution < 1.29 is 0 Å². The third-order valence-corrected chi connectivity index (χ3v) is 3.13. The van der Waals surface area contributed by atoms with Crippen LogP contribution in [-0.2, 0) is 6.42 Å². The third-order valence-electron chi connectivity index (χ3n) is 2.78. The molecule has 3 N–H and O–H groups in total. The fraction of sp³-hybridized carbons (Fsp3) is 0.500. The average molecular weight is 225 g/mol. The second-order valence-electron chi connectivity index (χ2n) is 4.25. The molecule has 0 unspecified atom stereocenters. The fourth-order valence-electron chi connectivity index (χ4n) is 1.62. The number of hydrogen-bond acceptors (Lipinski definition) is 2.